The van der Waals surface area contributed by atoms with Crippen molar-refractivity contribution < 1.29 is 4.79 Å². The monoisotopic (exact) mass is 334 g/mol. The number of nitrogens with zero attached hydrogens (tertiary/aromatic N) is 6. The molecule has 25 heavy (non-hydrogen) atoms. The summed E-state index contributed by atoms with van der Waals surface area (Å²) in [6, 6.07) is 3.51. The van der Waals surface area contributed by atoms with Gasteiger partial charge in [0, 0.05) is 55.6 Å². The van der Waals surface area contributed by atoms with E-state index in [-0.39, 0.29) is 11.8 Å². The van der Waals surface area contributed by atoms with Gasteiger partial charge in [0.05, 0.1) is 11.9 Å². The van der Waals surface area contributed by atoms with E-state index in [9.17, 15) is 4.79 Å². The highest BCUT2D eigenvalue weighted by atomic mass is 16.2. The molecule has 0 saturated carbocycles. The standard InChI is InChI=1S/C18H18N6O/c25-18(14-3-5-19-6-4-14)23-8-1-2-15(12-23)16-10-21-11-17(22-16)24-9-7-20-13-24/h3-7,9-11,13,15H,1-2,8,12H2. The number of hydrogen-bond acceptors (Lipinski definition) is 5. The van der Waals surface area contributed by atoms with E-state index in [0.29, 0.717) is 12.1 Å². The molecule has 1 atom stereocenters. The second kappa shape index (κ2) is 6.80. The average molecular weight is 334 g/mol. The molecule has 1 amide bonds. The van der Waals surface area contributed by atoms with Crippen LogP contribution in [0.15, 0.2) is 55.6 Å². The number of amides is 1. The Kier molecular flexibility index (Phi) is 4.20. The van der Waals surface area contributed by atoms with E-state index in [1.54, 1.807) is 49.4 Å². The minimum Gasteiger partial charge on any atom is -0.338 e. The molecular weight excluding hydrogens is 316 g/mol. The van der Waals surface area contributed by atoms with Gasteiger partial charge in [-0.2, -0.15) is 0 Å². The number of hydrogen-bond donors (Lipinski definition) is 0. The molecule has 1 unspecified atom stereocenters. The molecule has 126 valence electrons. The zero-order valence-corrected chi connectivity index (χ0v) is 13.7. The molecular formula is C18H18N6O. The third-order valence-corrected chi connectivity index (χ3v) is 4.46. The van der Waals surface area contributed by atoms with Gasteiger partial charge in [-0.15, -0.1) is 0 Å². The molecule has 7 nitrogen and oxygen atoms in total. The quantitative estimate of drug-likeness (QED) is 0.733. The van der Waals surface area contributed by atoms with Crippen LogP contribution in [-0.4, -0.2) is 48.4 Å². The summed E-state index contributed by atoms with van der Waals surface area (Å²) in [4.78, 5) is 31.6. The van der Waals surface area contributed by atoms with Crippen molar-refractivity contribution in [3.05, 3.63) is 66.9 Å². The van der Waals surface area contributed by atoms with E-state index in [0.717, 1.165) is 30.9 Å². The predicted molar refractivity (Wildman–Crippen MR) is 91.3 cm³/mol. The molecule has 1 saturated heterocycles. The Hall–Kier alpha value is -3.09. The highest BCUT2D eigenvalue weighted by Gasteiger charge is 2.26. The molecule has 3 aromatic rings. The fourth-order valence-electron chi connectivity index (χ4n) is 3.17. The smallest absolute Gasteiger partial charge is 0.253 e. The van der Waals surface area contributed by atoms with E-state index in [1.807, 2.05) is 15.7 Å². The van der Waals surface area contributed by atoms with E-state index in [1.165, 1.54) is 0 Å². The molecule has 0 aromatic carbocycles. The molecule has 0 radical (unpaired) electrons. The van der Waals surface area contributed by atoms with Gasteiger partial charge in [-0.3, -0.25) is 19.3 Å². The maximum atomic E-state index is 12.7. The summed E-state index contributed by atoms with van der Waals surface area (Å²) in [6.07, 6.45) is 14.0. The topological polar surface area (TPSA) is 76.8 Å². The molecule has 1 aliphatic heterocycles. The summed E-state index contributed by atoms with van der Waals surface area (Å²) >= 11 is 0. The lowest BCUT2D eigenvalue weighted by molar-refractivity contribution is 0.0705. The van der Waals surface area contributed by atoms with Crippen LogP contribution in [0.25, 0.3) is 5.82 Å². The van der Waals surface area contributed by atoms with Crippen LogP contribution in [0.3, 0.4) is 0 Å². The number of pyridine rings is 1. The summed E-state index contributed by atoms with van der Waals surface area (Å²) in [5.41, 5.74) is 1.59. The van der Waals surface area contributed by atoms with Crippen LogP contribution in [0.4, 0.5) is 0 Å². The van der Waals surface area contributed by atoms with Gasteiger partial charge in [0.1, 0.15) is 6.33 Å². The maximum Gasteiger partial charge on any atom is 0.253 e. The van der Waals surface area contributed by atoms with Gasteiger partial charge in [-0.05, 0) is 25.0 Å². The third-order valence-electron chi connectivity index (χ3n) is 4.46. The van der Waals surface area contributed by atoms with Crippen molar-refractivity contribution in [2.24, 2.45) is 0 Å². The Labute approximate surface area is 145 Å². The number of carbonyl (C=O) groups excluding carboxylic acids is 1. The van der Waals surface area contributed by atoms with Crippen molar-refractivity contribution in [3.8, 4) is 5.82 Å². The van der Waals surface area contributed by atoms with E-state index >= 15 is 0 Å². The molecule has 7 heteroatoms. The normalized spacial score (nSPS) is 17.4. The number of likely N-dealkylation sites (tertiary alicyclic amines) is 1. The van der Waals surface area contributed by atoms with Gasteiger partial charge < -0.3 is 4.90 Å². The predicted octanol–water partition coefficient (Wildman–Crippen LogP) is 2.08. The lowest BCUT2D eigenvalue weighted by Gasteiger charge is -2.32. The Balaban J connectivity index is 1.54. The van der Waals surface area contributed by atoms with Gasteiger partial charge in [-0.1, -0.05) is 0 Å². The average Bonchev–Trinajstić information content (AvgIpc) is 3.23. The number of piperidine rings is 1. The molecule has 0 N–H and O–H groups in total. The van der Waals surface area contributed by atoms with Gasteiger partial charge in [0.25, 0.3) is 5.91 Å². The largest absolute Gasteiger partial charge is 0.338 e. The molecule has 1 fully saturated rings. The first-order chi connectivity index (χ1) is 12.3. The van der Waals surface area contributed by atoms with E-state index in [4.69, 9.17) is 4.98 Å². The summed E-state index contributed by atoms with van der Waals surface area (Å²) < 4.78 is 1.83. The number of aromatic nitrogens is 5. The van der Waals surface area contributed by atoms with Gasteiger partial charge >= 0.3 is 0 Å². The first kappa shape index (κ1) is 15.4. The molecule has 4 rings (SSSR count). The molecule has 4 heterocycles. The second-order valence-electron chi connectivity index (χ2n) is 6.10. The van der Waals surface area contributed by atoms with E-state index in [2.05, 4.69) is 15.0 Å². The molecule has 3 aromatic heterocycles. The summed E-state index contributed by atoms with van der Waals surface area (Å²) in [5.74, 6) is 0.980. The van der Waals surface area contributed by atoms with Crippen LogP contribution in [0.2, 0.25) is 0 Å². The van der Waals surface area contributed by atoms with Crippen LogP contribution in [0.5, 0.6) is 0 Å². The molecule has 0 bridgehead atoms. The number of carbonyl (C=O) groups is 1. The van der Waals surface area contributed by atoms with Crippen molar-refractivity contribution in [3.63, 3.8) is 0 Å². The van der Waals surface area contributed by atoms with Gasteiger partial charge in [0.15, 0.2) is 5.82 Å². The first-order valence-electron chi connectivity index (χ1n) is 8.31. The van der Waals surface area contributed by atoms with Crippen molar-refractivity contribution in [2.75, 3.05) is 13.1 Å². The van der Waals surface area contributed by atoms with Crippen LogP contribution in [0, 0.1) is 0 Å². The zero-order chi connectivity index (χ0) is 17.1. The second-order valence-corrected chi connectivity index (χ2v) is 6.10. The molecule has 1 aliphatic rings. The number of rotatable bonds is 3. The van der Waals surface area contributed by atoms with Crippen molar-refractivity contribution in [2.45, 2.75) is 18.8 Å². The minimum absolute atomic E-state index is 0.0471. The van der Waals surface area contributed by atoms with Crippen molar-refractivity contribution in [1.82, 2.24) is 29.4 Å². The fraction of sp³-hybridized carbons (Fsp3) is 0.278. The summed E-state index contributed by atoms with van der Waals surface area (Å²) in [5, 5.41) is 0. The van der Waals surface area contributed by atoms with Crippen LogP contribution < -0.4 is 0 Å². The van der Waals surface area contributed by atoms with Crippen molar-refractivity contribution in [1.29, 1.82) is 0 Å². The highest BCUT2D eigenvalue weighted by molar-refractivity contribution is 5.94. The maximum absolute atomic E-state index is 12.7. The van der Waals surface area contributed by atoms with Crippen LogP contribution in [0.1, 0.15) is 34.8 Å². The van der Waals surface area contributed by atoms with E-state index < -0.39 is 0 Å². The fourth-order valence-corrected chi connectivity index (χ4v) is 3.17. The minimum atomic E-state index is 0.0471. The third kappa shape index (κ3) is 3.26. The lowest BCUT2D eigenvalue weighted by atomic mass is 9.94. The SMILES string of the molecule is O=C(c1ccncc1)N1CCCC(c2cncc(-n3ccnc3)n2)C1. The van der Waals surface area contributed by atoms with Gasteiger partial charge in [0.2, 0.25) is 0 Å². The lowest BCUT2D eigenvalue weighted by Crippen LogP contribution is -2.39. The summed E-state index contributed by atoms with van der Waals surface area (Å²) in [7, 11) is 0. The number of imidazole rings is 1. The molecule has 0 spiro atoms. The Morgan fingerprint density at radius 2 is 1.96 bits per heavy atom. The van der Waals surface area contributed by atoms with Gasteiger partial charge in [-0.25, -0.2) is 9.97 Å². The Morgan fingerprint density at radius 3 is 2.76 bits per heavy atom. The first-order valence-corrected chi connectivity index (χ1v) is 8.31. The Bertz CT molecular complexity index is 849. The Morgan fingerprint density at radius 1 is 1.08 bits per heavy atom. The highest BCUT2D eigenvalue weighted by Crippen LogP contribution is 2.26. The zero-order valence-electron chi connectivity index (χ0n) is 13.7. The summed E-state index contributed by atoms with van der Waals surface area (Å²) in [6.45, 7) is 1.43. The van der Waals surface area contributed by atoms with Crippen LogP contribution in [-0.2, 0) is 0 Å². The van der Waals surface area contributed by atoms with Crippen molar-refractivity contribution >= 4 is 5.91 Å². The molecule has 0 aliphatic carbocycles. The van der Waals surface area contributed by atoms with Crippen LogP contribution >= 0.6 is 0 Å².